The summed E-state index contributed by atoms with van der Waals surface area (Å²) in [6.07, 6.45) is 3.13. The fraction of sp³-hybridized carbons (Fsp3) is 0.400. The minimum atomic E-state index is -0.471. The number of alkyl halides is 1. The molecule has 0 fully saturated rings. The molecule has 0 heterocycles. The van der Waals surface area contributed by atoms with Crippen LogP contribution in [0.2, 0.25) is 0 Å². The molecule has 0 aliphatic carbocycles. The lowest BCUT2D eigenvalue weighted by atomic mass is 10.4. The summed E-state index contributed by atoms with van der Waals surface area (Å²) >= 11 is 0. The van der Waals surface area contributed by atoms with Gasteiger partial charge in [0.2, 0.25) is 0 Å². The van der Waals surface area contributed by atoms with Gasteiger partial charge in [-0.15, -0.1) is 0 Å². The highest BCUT2D eigenvalue weighted by Crippen LogP contribution is 1.78. The molecular formula is C5H6FN. The summed E-state index contributed by atoms with van der Waals surface area (Å²) in [4.78, 5) is 0. The van der Waals surface area contributed by atoms with Gasteiger partial charge >= 0.3 is 0 Å². The van der Waals surface area contributed by atoms with E-state index < -0.39 is 6.67 Å². The Morgan fingerprint density at radius 2 is 2.29 bits per heavy atom. The second-order valence-corrected chi connectivity index (χ2v) is 0.988. The van der Waals surface area contributed by atoms with Crippen molar-refractivity contribution in [2.75, 3.05) is 6.67 Å². The minimum Gasteiger partial charge on any atom is -0.247 e. The van der Waals surface area contributed by atoms with Gasteiger partial charge in [-0.05, 0) is 0 Å². The molecule has 38 valence electrons. The third-order valence-electron chi connectivity index (χ3n) is 0.465. The van der Waals surface area contributed by atoms with Crippen molar-refractivity contribution in [2.24, 2.45) is 0 Å². The maximum absolute atomic E-state index is 11.1. The third kappa shape index (κ3) is 5.16. The van der Waals surface area contributed by atoms with E-state index in [2.05, 4.69) is 0 Å². The molecule has 0 aromatic heterocycles. The molecule has 0 bridgehead atoms. The predicted octanol–water partition coefficient (Wildman–Crippen LogP) is 1.43. The highest BCUT2D eigenvalue weighted by atomic mass is 19.1. The number of rotatable bonds is 2. The molecule has 0 atom stereocenters. The summed E-state index contributed by atoms with van der Waals surface area (Å²) in [7, 11) is 0. The summed E-state index contributed by atoms with van der Waals surface area (Å²) < 4.78 is 11.1. The highest BCUT2D eigenvalue weighted by Gasteiger charge is 1.67. The van der Waals surface area contributed by atoms with Gasteiger partial charge in [-0.2, -0.15) is 5.26 Å². The molecule has 0 saturated carbocycles. The van der Waals surface area contributed by atoms with E-state index in [1.807, 2.05) is 6.07 Å². The number of nitriles is 1. The number of hydrogen-bond acceptors (Lipinski definition) is 1. The first-order chi connectivity index (χ1) is 3.41. The van der Waals surface area contributed by atoms with Crippen molar-refractivity contribution >= 4 is 0 Å². The van der Waals surface area contributed by atoms with Gasteiger partial charge in [0.1, 0.15) is 6.67 Å². The zero-order chi connectivity index (χ0) is 5.54. The Bertz CT molecular complexity index is 90.7. The first kappa shape index (κ1) is 6.16. The number of nitrogens with zero attached hydrogens (tertiary/aromatic N) is 1. The van der Waals surface area contributed by atoms with E-state index in [-0.39, 0.29) is 0 Å². The smallest absolute Gasteiger partial charge is 0.108 e. The Balaban J connectivity index is 2.97. The molecule has 2 heteroatoms. The van der Waals surface area contributed by atoms with Crippen LogP contribution in [0, 0.1) is 11.3 Å². The van der Waals surface area contributed by atoms with Gasteiger partial charge in [-0.3, -0.25) is 0 Å². The van der Waals surface area contributed by atoms with Crippen LogP contribution >= 0.6 is 0 Å². The normalized spacial score (nSPS) is 9.14. The Morgan fingerprint density at radius 3 is 2.71 bits per heavy atom. The molecule has 0 aliphatic rings. The van der Waals surface area contributed by atoms with Crippen molar-refractivity contribution < 1.29 is 4.39 Å². The second-order valence-electron chi connectivity index (χ2n) is 0.988. The zero-order valence-electron chi connectivity index (χ0n) is 3.89. The SMILES string of the molecule is N#CCC=CCF. The molecule has 0 spiro atoms. The Labute approximate surface area is 42.1 Å². The van der Waals surface area contributed by atoms with Crippen LogP contribution < -0.4 is 0 Å². The van der Waals surface area contributed by atoms with Crippen LogP contribution in [-0.2, 0) is 0 Å². The maximum Gasteiger partial charge on any atom is 0.108 e. The first-order valence-corrected chi connectivity index (χ1v) is 1.99. The lowest BCUT2D eigenvalue weighted by Gasteiger charge is -1.69. The van der Waals surface area contributed by atoms with Crippen molar-refractivity contribution in [1.82, 2.24) is 0 Å². The quantitative estimate of drug-likeness (QED) is 0.480. The topological polar surface area (TPSA) is 23.8 Å². The molecule has 0 radical (unpaired) electrons. The fourth-order valence-electron chi connectivity index (χ4n) is 0.199. The zero-order valence-corrected chi connectivity index (χ0v) is 3.89. The lowest BCUT2D eigenvalue weighted by molar-refractivity contribution is 0.561. The average Bonchev–Trinajstić information content (AvgIpc) is 1.69. The molecular weight excluding hydrogens is 93.1 g/mol. The van der Waals surface area contributed by atoms with Crippen LogP contribution in [0.15, 0.2) is 12.2 Å². The van der Waals surface area contributed by atoms with Crippen LogP contribution in [0.25, 0.3) is 0 Å². The van der Waals surface area contributed by atoms with Crippen LogP contribution in [0.1, 0.15) is 6.42 Å². The molecule has 0 saturated heterocycles. The summed E-state index contributed by atoms with van der Waals surface area (Å²) in [6.45, 7) is -0.471. The van der Waals surface area contributed by atoms with Gasteiger partial charge in [0.15, 0.2) is 0 Å². The van der Waals surface area contributed by atoms with E-state index >= 15 is 0 Å². The molecule has 0 N–H and O–H groups in total. The van der Waals surface area contributed by atoms with Crippen LogP contribution in [0.3, 0.4) is 0 Å². The van der Waals surface area contributed by atoms with Crippen molar-refractivity contribution in [3.63, 3.8) is 0 Å². The summed E-state index contributed by atoms with van der Waals surface area (Å²) in [5.74, 6) is 0. The minimum absolute atomic E-state index is 0.309. The largest absolute Gasteiger partial charge is 0.247 e. The summed E-state index contributed by atoms with van der Waals surface area (Å²) in [5, 5.41) is 7.87. The predicted molar refractivity (Wildman–Crippen MR) is 25.3 cm³/mol. The third-order valence-corrected chi connectivity index (χ3v) is 0.465. The summed E-state index contributed by atoms with van der Waals surface area (Å²) in [5.41, 5.74) is 0. The van der Waals surface area contributed by atoms with E-state index in [1.165, 1.54) is 12.2 Å². The van der Waals surface area contributed by atoms with Gasteiger partial charge in [0, 0.05) is 0 Å². The summed E-state index contributed by atoms with van der Waals surface area (Å²) in [6, 6.07) is 1.85. The number of halogens is 1. The van der Waals surface area contributed by atoms with E-state index in [0.29, 0.717) is 6.42 Å². The van der Waals surface area contributed by atoms with Crippen molar-refractivity contribution in [3.05, 3.63) is 12.2 Å². The molecule has 7 heavy (non-hydrogen) atoms. The molecule has 0 aromatic rings. The molecule has 0 aliphatic heterocycles. The van der Waals surface area contributed by atoms with E-state index in [9.17, 15) is 4.39 Å². The van der Waals surface area contributed by atoms with Gasteiger partial charge < -0.3 is 0 Å². The van der Waals surface area contributed by atoms with E-state index in [4.69, 9.17) is 5.26 Å². The second kappa shape index (κ2) is 5.16. The van der Waals surface area contributed by atoms with Crippen LogP contribution in [-0.4, -0.2) is 6.67 Å². The van der Waals surface area contributed by atoms with Gasteiger partial charge in [-0.1, -0.05) is 12.2 Å². The van der Waals surface area contributed by atoms with Crippen molar-refractivity contribution in [3.8, 4) is 6.07 Å². The molecule has 0 unspecified atom stereocenters. The number of allylic oxidation sites excluding steroid dienone is 2. The van der Waals surface area contributed by atoms with E-state index in [0.717, 1.165) is 0 Å². The molecule has 0 aromatic carbocycles. The monoisotopic (exact) mass is 99.0 g/mol. The Morgan fingerprint density at radius 1 is 1.57 bits per heavy atom. The number of hydrogen-bond donors (Lipinski definition) is 0. The van der Waals surface area contributed by atoms with Gasteiger partial charge in [-0.25, -0.2) is 4.39 Å². The molecule has 0 rings (SSSR count). The Kier molecular flexibility index (Phi) is 4.54. The molecule has 0 amide bonds. The van der Waals surface area contributed by atoms with Crippen LogP contribution in [0.4, 0.5) is 4.39 Å². The highest BCUT2D eigenvalue weighted by molar-refractivity contribution is 4.89. The van der Waals surface area contributed by atoms with E-state index in [1.54, 1.807) is 0 Å². The van der Waals surface area contributed by atoms with Gasteiger partial charge in [0.05, 0.1) is 12.5 Å². The fourth-order valence-corrected chi connectivity index (χ4v) is 0.199. The maximum atomic E-state index is 11.1. The lowest BCUT2D eigenvalue weighted by Crippen LogP contribution is -1.60. The molecule has 1 nitrogen and oxygen atoms in total. The Hall–Kier alpha value is -0.840. The van der Waals surface area contributed by atoms with Crippen molar-refractivity contribution in [1.29, 1.82) is 5.26 Å². The van der Waals surface area contributed by atoms with Crippen molar-refractivity contribution in [2.45, 2.75) is 6.42 Å². The van der Waals surface area contributed by atoms with Gasteiger partial charge in [0.25, 0.3) is 0 Å². The standard InChI is InChI=1S/C5H6FN/c6-4-2-1-3-5-7/h1-2H,3-4H2. The average molecular weight is 99.1 g/mol. The van der Waals surface area contributed by atoms with Crippen LogP contribution in [0.5, 0.6) is 0 Å². The first-order valence-electron chi connectivity index (χ1n) is 1.99.